The summed E-state index contributed by atoms with van der Waals surface area (Å²) in [5.74, 6) is 0.198. The van der Waals surface area contributed by atoms with Crippen molar-refractivity contribution in [3.05, 3.63) is 11.9 Å². The third-order valence-electron chi connectivity index (χ3n) is 3.45. The smallest absolute Gasteiger partial charge is 0.279 e. The van der Waals surface area contributed by atoms with E-state index in [4.69, 9.17) is 37.0 Å². The molecule has 0 spiro atoms. The molecule has 1 aliphatic rings. The molecular formula is C12H20ClN5O6. The molecule has 1 aromatic heterocycles. The Hall–Kier alpha value is -1.50. The van der Waals surface area contributed by atoms with Crippen LogP contribution >= 0.6 is 11.6 Å². The van der Waals surface area contributed by atoms with Gasteiger partial charge in [-0.1, -0.05) is 5.21 Å². The standard InChI is InChI=1S/C12H20ClN5O6/c13-1-2-22-11-8(10(21)9(20)7(4-19)24-11)18-3-6(16-17-18)5-23-12(14)15/h3,7-11,19-21H,1-2,4-5H2,(H3,14,15)/t7?,8?,9-,10?,11+/m1/s1. The quantitative estimate of drug-likeness (QED) is 0.207. The summed E-state index contributed by atoms with van der Waals surface area (Å²) in [5.41, 5.74) is 5.45. The van der Waals surface area contributed by atoms with E-state index in [1.54, 1.807) is 0 Å². The van der Waals surface area contributed by atoms with Gasteiger partial charge in [0.25, 0.3) is 6.02 Å². The van der Waals surface area contributed by atoms with Crippen LogP contribution in [-0.4, -0.2) is 80.0 Å². The van der Waals surface area contributed by atoms with Gasteiger partial charge < -0.3 is 35.3 Å². The molecule has 2 heterocycles. The summed E-state index contributed by atoms with van der Waals surface area (Å²) in [6, 6.07) is -1.38. The van der Waals surface area contributed by atoms with Crippen molar-refractivity contribution in [2.45, 2.75) is 37.3 Å². The molecular weight excluding hydrogens is 346 g/mol. The Balaban J connectivity index is 2.18. The molecule has 6 N–H and O–H groups in total. The van der Waals surface area contributed by atoms with Crippen molar-refractivity contribution < 1.29 is 29.5 Å². The summed E-state index contributed by atoms with van der Waals surface area (Å²) in [4.78, 5) is 0. The van der Waals surface area contributed by atoms with Gasteiger partial charge in [-0.05, 0) is 0 Å². The molecule has 24 heavy (non-hydrogen) atoms. The van der Waals surface area contributed by atoms with Crippen LogP contribution in [0.2, 0.25) is 0 Å². The Kier molecular flexibility index (Phi) is 6.71. The van der Waals surface area contributed by atoms with E-state index in [0.29, 0.717) is 5.69 Å². The highest BCUT2D eigenvalue weighted by molar-refractivity contribution is 6.17. The molecule has 11 nitrogen and oxygen atoms in total. The molecule has 0 saturated carbocycles. The van der Waals surface area contributed by atoms with Crippen molar-refractivity contribution in [2.24, 2.45) is 5.73 Å². The second kappa shape index (κ2) is 8.55. The topological polar surface area (TPSA) is 169 Å². The zero-order chi connectivity index (χ0) is 17.7. The van der Waals surface area contributed by atoms with E-state index in [9.17, 15) is 15.3 Å². The monoisotopic (exact) mass is 365 g/mol. The summed E-state index contributed by atoms with van der Waals surface area (Å²) in [5, 5.41) is 44.4. The number of hydrogen-bond donors (Lipinski definition) is 5. The van der Waals surface area contributed by atoms with Gasteiger partial charge in [-0.2, -0.15) is 0 Å². The number of nitrogens with one attached hydrogen (secondary N) is 1. The normalized spacial score (nSPS) is 30.2. The zero-order valence-electron chi connectivity index (χ0n) is 12.7. The van der Waals surface area contributed by atoms with Crippen LogP contribution in [0, 0.1) is 5.41 Å². The van der Waals surface area contributed by atoms with Gasteiger partial charge in [-0.3, -0.25) is 5.41 Å². The zero-order valence-corrected chi connectivity index (χ0v) is 13.4. The number of hydrogen-bond acceptors (Lipinski definition) is 9. The minimum Gasteiger partial charge on any atom is -0.459 e. The number of aliphatic hydroxyl groups is 3. The first-order valence-corrected chi connectivity index (χ1v) is 7.69. The van der Waals surface area contributed by atoms with Crippen LogP contribution in [0.1, 0.15) is 11.7 Å². The first-order chi connectivity index (χ1) is 11.5. The highest BCUT2D eigenvalue weighted by Gasteiger charge is 2.46. The van der Waals surface area contributed by atoms with Gasteiger partial charge in [0.15, 0.2) is 6.29 Å². The molecule has 0 aliphatic carbocycles. The van der Waals surface area contributed by atoms with Crippen LogP contribution < -0.4 is 5.73 Å². The van der Waals surface area contributed by atoms with E-state index in [2.05, 4.69) is 10.3 Å². The SMILES string of the molecule is N=C(N)OCc1cn(C2C(O)[C@H](O)C(CO)O[C@@H]2OCCCl)nn1. The van der Waals surface area contributed by atoms with Gasteiger partial charge in [0.1, 0.15) is 36.7 Å². The van der Waals surface area contributed by atoms with Gasteiger partial charge in [0.2, 0.25) is 0 Å². The van der Waals surface area contributed by atoms with Crippen molar-refractivity contribution in [1.82, 2.24) is 15.0 Å². The maximum Gasteiger partial charge on any atom is 0.279 e. The van der Waals surface area contributed by atoms with Gasteiger partial charge in [-0.25, -0.2) is 4.68 Å². The lowest BCUT2D eigenvalue weighted by Crippen LogP contribution is -2.57. The fourth-order valence-electron chi connectivity index (χ4n) is 2.32. The molecule has 0 radical (unpaired) electrons. The maximum atomic E-state index is 10.4. The van der Waals surface area contributed by atoms with Crippen LogP contribution in [0.4, 0.5) is 0 Å². The largest absolute Gasteiger partial charge is 0.459 e. The fourth-order valence-corrected chi connectivity index (χ4v) is 2.41. The Morgan fingerprint density at radius 1 is 1.46 bits per heavy atom. The van der Waals surface area contributed by atoms with E-state index in [1.165, 1.54) is 10.9 Å². The van der Waals surface area contributed by atoms with E-state index < -0.39 is 43.3 Å². The summed E-state index contributed by atoms with van der Waals surface area (Å²) in [7, 11) is 0. The lowest BCUT2D eigenvalue weighted by Gasteiger charge is -2.41. The van der Waals surface area contributed by atoms with E-state index in [-0.39, 0.29) is 19.1 Å². The second-order valence-electron chi connectivity index (χ2n) is 5.10. The van der Waals surface area contributed by atoms with E-state index >= 15 is 0 Å². The van der Waals surface area contributed by atoms with Crippen molar-refractivity contribution in [1.29, 1.82) is 5.41 Å². The van der Waals surface area contributed by atoms with Crippen LogP contribution in [-0.2, 0) is 20.8 Å². The molecule has 1 aliphatic heterocycles. The summed E-state index contributed by atoms with van der Waals surface area (Å²) in [6.07, 6.45) is -3.21. The predicted molar refractivity (Wildman–Crippen MR) is 80.2 cm³/mol. The number of nitrogens with two attached hydrogens (primary N) is 1. The van der Waals surface area contributed by atoms with Gasteiger partial charge >= 0.3 is 0 Å². The molecule has 5 atom stereocenters. The average molecular weight is 366 g/mol. The van der Waals surface area contributed by atoms with E-state index in [1.807, 2.05) is 0 Å². The number of aliphatic hydroxyl groups excluding tert-OH is 3. The van der Waals surface area contributed by atoms with Crippen molar-refractivity contribution in [2.75, 3.05) is 19.1 Å². The van der Waals surface area contributed by atoms with Crippen LogP contribution in [0.15, 0.2) is 6.20 Å². The first-order valence-electron chi connectivity index (χ1n) is 7.15. The van der Waals surface area contributed by atoms with Crippen LogP contribution in [0.25, 0.3) is 0 Å². The Morgan fingerprint density at radius 3 is 2.83 bits per heavy atom. The molecule has 136 valence electrons. The third kappa shape index (κ3) is 4.32. The highest BCUT2D eigenvalue weighted by Crippen LogP contribution is 2.30. The number of aromatic nitrogens is 3. The number of rotatable bonds is 7. The maximum absolute atomic E-state index is 10.4. The second-order valence-corrected chi connectivity index (χ2v) is 5.48. The number of halogens is 1. The molecule has 2 rings (SSSR count). The molecule has 0 bridgehead atoms. The fraction of sp³-hybridized carbons (Fsp3) is 0.750. The molecule has 1 aromatic rings. The Morgan fingerprint density at radius 2 is 2.21 bits per heavy atom. The number of ether oxygens (including phenoxy) is 3. The third-order valence-corrected chi connectivity index (χ3v) is 3.60. The van der Waals surface area contributed by atoms with Crippen LogP contribution in [0.5, 0.6) is 0 Å². The number of amidine groups is 1. The lowest BCUT2D eigenvalue weighted by molar-refractivity contribution is -0.280. The van der Waals surface area contributed by atoms with Gasteiger partial charge in [-0.15, -0.1) is 16.7 Å². The molecule has 1 fully saturated rings. The lowest BCUT2D eigenvalue weighted by atomic mass is 9.97. The molecule has 0 amide bonds. The predicted octanol–water partition coefficient (Wildman–Crippen LogP) is -2.08. The van der Waals surface area contributed by atoms with Crippen LogP contribution in [0.3, 0.4) is 0 Å². The molecule has 0 aromatic carbocycles. The van der Waals surface area contributed by atoms with Crippen molar-refractivity contribution in [3.63, 3.8) is 0 Å². The van der Waals surface area contributed by atoms with Crippen molar-refractivity contribution >= 4 is 17.6 Å². The summed E-state index contributed by atoms with van der Waals surface area (Å²) >= 11 is 5.60. The number of alkyl halides is 1. The Labute approximate surface area is 142 Å². The van der Waals surface area contributed by atoms with Gasteiger partial charge in [0.05, 0.1) is 19.4 Å². The number of nitrogens with zero attached hydrogens (tertiary/aromatic N) is 3. The van der Waals surface area contributed by atoms with Crippen molar-refractivity contribution in [3.8, 4) is 0 Å². The molecule has 1 saturated heterocycles. The molecule has 3 unspecified atom stereocenters. The summed E-state index contributed by atoms with van der Waals surface area (Å²) < 4.78 is 17.0. The highest BCUT2D eigenvalue weighted by atomic mass is 35.5. The summed E-state index contributed by atoms with van der Waals surface area (Å²) in [6.45, 7) is -0.423. The average Bonchev–Trinajstić information content (AvgIpc) is 3.02. The van der Waals surface area contributed by atoms with E-state index in [0.717, 1.165) is 0 Å². The minimum absolute atomic E-state index is 0.0754. The van der Waals surface area contributed by atoms with Gasteiger partial charge in [0, 0.05) is 5.88 Å². The Bertz CT molecular complexity index is 546. The minimum atomic E-state index is -1.34. The molecule has 12 heteroatoms. The first kappa shape index (κ1) is 18.8.